The van der Waals surface area contributed by atoms with E-state index in [0.717, 1.165) is 38.8 Å². The second-order valence-electron chi connectivity index (χ2n) is 5.37. The lowest BCUT2D eigenvalue weighted by molar-refractivity contribution is -0.140. The third-order valence-electron chi connectivity index (χ3n) is 4.15. The number of hydrogen-bond donors (Lipinski definition) is 1. The quantitative estimate of drug-likeness (QED) is 0.810. The summed E-state index contributed by atoms with van der Waals surface area (Å²) in [5.41, 5.74) is 5.71. The first-order chi connectivity index (χ1) is 8.63. The molecular weight excluding hydrogens is 266 g/mol. The molecule has 0 saturated carbocycles. The fourth-order valence-corrected chi connectivity index (χ4v) is 3.07. The SMILES string of the molecule is CC(=O)N1CCCC(C(=O)N2CCCC2CN)C1.Cl. The Balaban J connectivity index is 0.00000180. The number of rotatable bonds is 2. The zero-order valence-electron chi connectivity index (χ0n) is 11.5. The summed E-state index contributed by atoms with van der Waals surface area (Å²) in [7, 11) is 0. The van der Waals surface area contributed by atoms with Crippen molar-refractivity contribution < 1.29 is 9.59 Å². The number of likely N-dealkylation sites (tertiary alicyclic amines) is 2. The maximum absolute atomic E-state index is 12.5. The Hall–Kier alpha value is -0.810. The molecule has 0 bridgehead atoms. The smallest absolute Gasteiger partial charge is 0.227 e. The summed E-state index contributed by atoms with van der Waals surface area (Å²) < 4.78 is 0. The van der Waals surface area contributed by atoms with E-state index in [9.17, 15) is 9.59 Å². The Labute approximate surface area is 120 Å². The van der Waals surface area contributed by atoms with Gasteiger partial charge in [0.15, 0.2) is 0 Å². The first-order valence-electron chi connectivity index (χ1n) is 6.89. The van der Waals surface area contributed by atoms with Crippen LogP contribution in [0, 0.1) is 5.92 Å². The molecule has 5 nitrogen and oxygen atoms in total. The third-order valence-corrected chi connectivity index (χ3v) is 4.15. The van der Waals surface area contributed by atoms with Crippen LogP contribution in [0.4, 0.5) is 0 Å². The van der Waals surface area contributed by atoms with Crippen LogP contribution in [0.1, 0.15) is 32.6 Å². The topological polar surface area (TPSA) is 66.6 Å². The minimum absolute atomic E-state index is 0. The van der Waals surface area contributed by atoms with Crippen LogP contribution in [0.5, 0.6) is 0 Å². The molecule has 0 spiro atoms. The molecule has 2 aliphatic heterocycles. The monoisotopic (exact) mass is 289 g/mol. The van der Waals surface area contributed by atoms with Gasteiger partial charge in [-0.05, 0) is 25.7 Å². The first-order valence-corrected chi connectivity index (χ1v) is 6.89. The maximum atomic E-state index is 12.5. The van der Waals surface area contributed by atoms with Gasteiger partial charge in [0.25, 0.3) is 0 Å². The van der Waals surface area contributed by atoms with E-state index in [1.54, 1.807) is 11.8 Å². The Morgan fingerprint density at radius 1 is 1.21 bits per heavy atom. The van der Waals surface area contributed by atoms with E-state index in [1.165, 1.54) is 0 Å². The largest absolute Gasteiger partial charge is 0.342 e. The molecule has 2 atom stereocenters. The van der Waals surface area contributed by atoms with Crippen molar-refractivity contribution in [2.45, 2.75) is 38.6 Å². The summed E-state index contributed by atoms with van der Waals surface area (Å²) in [6.07, 6.45) is 3.90. The molecule has 2 amide bonds. The van der Waals surface area contributed by atoms with Crippen LogP contribution < -0.4 is 5.73 Å². The van der Waals surface area contributed by atoms with Gasteiger partial charge in [-0.15, -0.1) is 12.4 Å². The number of nitrogens with two attached hydrogens (primary N) is 1. The van der Waals surface area contributed by atoms with Gasteiger partial charge in [0.05, 0.1) is 5.92 Å². The van der Waals surface area contributed by atoms with Crippen LogP contribution in [0.25, 0.3) is 0 Å². The van der Waals surface area contributed by atoms with Crippen LogP contribution in [0.15, 0.2) is 0 Å². The Morgan fingerprint density at radius 3 is 2.53 bits per heavy atom. The van der Waals surface area contributed by atoms with Crippen molar-refractivity contribution in [1.29, 1.82) is 0 Å². The number of hydrogen-bond acceptors (Lipinski definition) is 3. The molecule has 0 aliphatic carbocycles. The standard InChI is InChI=1S/C13H23N3O2.ClH/c1-10(17)15-6-2-4-11(9-15)13(18)16-7-3-5-12(16)8-14;/h11-12H,2-9,14H2,1H3;1H. The zero-order chi connectivity index (χ0) is 13.1. The van der Waals surface area contributed by atoms with Gasteiger partial charge in [-0.25, -0.2) is 0 Å². The average Bonchev–Trinajstić information content (AvgIpc) is 2.86. The van der Waals surface area contributed by atoms with Gasteiger partial charge in [-0.1, -0.05) is 0 Å². The van der Waals surface area contributed by atoms with Gasteiger partial charge in [0.2, 0.25) is 11.8 Å². The Bertz CT molecular complexity index is 338. The van der Waals surface area contributed by atoms with Crippen molar-refractivity contribution in [2.24, 2.45) is 11.7 Å². The molecule has 2 saturated heterocycles. The molecule has 2 heterocycles. The van der Waals surface area contributed by atoms with Crippen molar-refractivity contribution in [3.63, 3.8) is 0 Å². The molecule has 0 radical (unpaired) electrons. The van der Waals surface area contributed by atoms with Crippen molar-refractivity contribution >= 4 is 24.2 Å². The second kappa shape index (κ2) is 7.10. The molecule has 2 aliphatic rings. The van der Waals surface area contributed by atoms with Gasteiger partial charge in [0.1, 0.15) is 0 Å². The van der Waals surface area contributed by atoms with Crippen LogP contribution >= 0.6 is 12.4 Å². The molecule has 0 aromatic heterocycles. The molecule has 6 heteroatoms. The zero-order valence-corrected chi connectivity index (χ0v) is 12.3. The maximum Gasteiger partial charge on any atom is 0.227 e. The van der Waals surface area contributed by atoms with E-state index in [2.05, 4.69) is 0 Å². The Kier molecular flexibility index (Phi) is 6.07. The molecule has 0 aromatic rings. The molecule has 2 unspecified atom stereocenters. The fraction of sp³-hybridized carbons (Fsp3) is 0.846. The number of amides is 2. The lowest BCUT2D eigenvalue weighted by atomic mass is 9.96. The molecule has 2 N–H and O–H groups in total. The van der Waals surface area contributed by atoms with E-state index >= 15 is 0 Å². The predicted octanol–water partition coefficient (Wildman–Crippen LogP) is 0.616. The highest BCUT2D eigenvalue weighted by atomic mass is 35.5. The van der Waals surface area contributed by atoms with Crippen LogP contribution in [-0.4, -0.2) is 53.8 Å². The molecule has 110 valence electrons. The highest BCUT2D eigenvalue weighted by Crippen LogP contribution is 2.24. The van der Waals surface area contributed by atoms with E-state index in [0.29, 0.717) is 13.1 Å². The summed E-state index contributed by atoms with van der Waals surface area (Å²) >= 11 is 0. The minimum atomic E-state index is -0.0187. The molecule has 2 rings (SSSR count). The number of carbonyl (C=O) groups is 2. The van der Waals surface area contributed by atoms with E-state index in [-0.39, 0.29) is 36.2 Å². The molecule has 19 heavy (non-hydrogen) atoms. The van der Waals surface area contributed by atoms with Gasteiger partial charge < -0.3 is 15.5 Å². The van der Waals surface area contributed by atoms with Crippen LogP contribution in [0.3, 0.4) is 0 Å². The minimum Gasteiger partial charge on any atom is -0.342 e. The van der Waals surface area contributed by atoms with Gasteiger partial charge >= 0.3 is 0 Å². The van der Waals surface area contributed by atoms with Gasteiger partial charge in [-0.3, -0.25) is 9.59 Å². The predicted molar refractivity (Wildman–Crippen MR) is 76.0 cm³/mol. The lowest BCUT2D eigenvalue weighted by Gasteiger charge is -2.35. The summed E-state index contributed by atoms with van der Waals surface area (Å²) in [4.78, 5) is 27.6. The third kappa shape index (κ3) is 3.60. The number of halogens is 1. The van der Waals surface area contributed by atoms with Crippen molar-refractivity contribution in [1.82, 2.24) is 9.80 Å². The van der Waals surface area contributed by atoms with Gasteiger partial charge in [-0.2, -0.15) is 0 Å². The second-order valence-corrected chi connectivity index (χ2v) is 5.37. The summed E-state index contributed by atoms with van der Waals surface area (Å²) in [6, 6.07) is 0.213. The molecule has 2 fully saturated rings. The first kappa shape index (κ1) is 16.2. The van der Waals surface area contributed by atoms with Crippen molar-refractivity contribution in [2.75, 3.05) is 26.2 Å². The number of nitrogens with zero attached hydrogens (tertiary/aromatic N) is 2. The summed E-state index contributed by atoms with van der Waals surface area (Å²) in [5, 5.41) is 0. The van der Waals surface area contributed by atoms with E-state index < -0.39 is 0 Å². The fourth-order valence-electron chi connectivity index (χ4n) is 3.07. The van der Waals surface area contributed by atoms with Gasteiger partial charge in [0, 0.05) is 39.1 Å². The average molecular weight is 290 g/mol. The Morgan fingerprint density at radius 2 is 1.89 bits per heavy atom. The lowest BCUT2D eigenvalue weighted by Crippen LogP contribution is -2.48. The van der Waals surface area contributed by atoms with Crippen LogP contribution in [-0.2, 0) is 9.59 Å². The molecular formula is C13H24ClN3O2. The highest BCUT2D eigenvalue weighted by Gasteiger charge is 2.34. The summed E-state index contributed by atoms with van der Waals surface area (Å²) in [6.45, 7) is 4.33. The molecule has 0 aromatic carbocycles. The number of piperidine rings is 1. The van der Waals surface area contributed by atoms with E-state index in [1.807, 2.05) is 4.90 Å². The van der Waals surface area contributed by atoms with Crippen molar-refractivity contribution in [3.05, 3.63) is 0 Å². The highest BCUT2D eigenvalue weighted by molar-refractivity contribution is 5.85. The number of carbonyl (C=O) groups excluding carboxylic acids is 2. The summed E-state index contributed by atoms with van der Waals surface area (Å²) in [5.74, 6) is 0.257. The normalized spacial score (nSPS) is 27.1. The van der Waals surface area contributed by atoms with Crippen LogP contribution in [0.2, 0.25) is 0 Å². The van der Waals surface area contributed by atoms with E-state index in [4.69, 9.17) is 5.73 Å². The van der Waals surface area contributed by atoms with Crippen molar-refractivity contribution in [3.8, 4) is 0 Å².